The number of fused-ring (bicyclic) bond motifs is 1. The van der Waals surface area contributed by atoms with Gasteiger partial charge in [0.1, 0.15) is 5.82 Å². The molecule has 3 rings (SSSR count). The number of benzene rings is 1. The van der Waals surface area contributed by atoms with Crippen molar-refractivity contribution in [2.24, 2.45) is 0 Å². The van der Waals surface area contributed by atoms with Crippen LogP contribution >= 0.6 is 0 Å². The van der Waals surface area contributed by atoms with E-state index >= 15 is 0 Å². The van der Waals surface area contributed by atoms with Crippen LogP contribution in [0.4, 0.5) is 11.5 Å². The summed E-state index contributed by atoms with van der Waals surface area (Å²) in [5.41, 5.74) is 10.4. The van der Waals surface area contributed by atoms with Gasteiger partial charge in [-0.15, -0.1) is 0 Å². The molecule has 0 fully saturated rings. The Morgan fingerprint density at radius 1 is 1.11 bits per heavy atom. The Labute approximate surface area is 113 Å². The lowest BCUT2D eigenvalue weighted by atomic mass is 10.1. The maximum atomic E-state index is 5.71. The normalized spacial score (nSPS) is 15.0. The molecule has 0 radical (unpaired) electrons. The maximum Gasteiger partial charge on any atom is 0.126 e. The maximum absolute atomic E-state index is 5.71. The monoisotopic (exact) mass is 253 g/mol. The van der Waals surface area contributed by atoms with Gasteiger partial charge in [0.2, 0.25) is 0 Å². The summed E-state index contributed by atoms with van der Waals surface area (Å²) in [5, 5.41) is 3.46. The molecular weight excluding hydrogens is 234 g/mol. The molecule has 1 aromatic carbocycles. The van der Waals surface area contributed by atoms with E-state index in [0.717, 1.165) is 17.9 Å². The van der Waals surface area contributed by atoms with Crippen LogP contribution in [0.25, 0.3) is 0 Å². The smallest absolute Gasteiger partial charge is 0.126 e. The number of pyridine rings is 1. The number of hydrogen-bond donors (Lipinski definition) is 2. The fourth-order valence-electron chi connectivity index (χ4n) is 2.59. The van der Waals surface area contributed by atoms with Gasteiger partial charge in [-0.2, -0.15) is 0 Å². The fourth-order valence-corrected chi connectivity index (χ4v) is 2.59. The number of aryl methyl sites for hydroxylation is 2. The highest BCUT2D eigenvalue weighted by Crippen LogP contribution is 2.24. The summed E-state index contributed by atoms with van der Waals surface area (Å²) in [5.74, 6) is 0.963. The lowest BCUT2D eigenvalue weighted by Gasteiger charge is -2.16. The zero-order valence-corrected chi connectivity index (χ0v) is 11.2. The molecule has 1 aliphatic carbocycles. The average Bonchev–Trinajstić information content (AvgIpc) is 2.87. The van der Waals surface area contributed by atoms with Gasteiger partial charge in [-0.3, -0.25) is 0 Å². The summed E-state index contributed by atoms with van der Waals surface area (Å²) in [6, 6.07) is 12.5. The van der Waals surface area contributed by atoms with Crippen LogP contribution in [0, 0.1) is 0 Å². The first kappa shape index (κ1) is 12.0. The molecule has 3 nitrogen and oxygen atoms in total. The number of nitrogens with two attached hydrogens (primary N) is 1. The highest BCUT2D eigenvalue weighted by atomic mass is 15.0. The number of anilines is 2. The van der Waals surface area contributed by atoms with Gasteiger partial charge in [0.25, 0.3) is 0 Å². The Kier molecular flexibility index (Phi) is 3.11. The number of hydrogen-bond acceptors (Lipinski definition) is 3. The molecule has 1 aliphatic rings. The molecular formula is C16H19N3. The zero-order chi connectivity index (χ0) is 13.2. The van der Waals surface area contributed by atoms with Crippen LogP contribution < -0.4 is 11.1 Å². The van der Waals surface area contributed by atoms with E-state index in [1.807, 2.05) is 12.1 Å². The summed E-state index contributed by atoms with van der Waals surface area (Å²) in [6.45, 7) is 2.14. The van der Waals surface area contributed by atoms with Crippen LogP contribution in [0.3, 0.4) is 0 Å². The number of nitrogen functional groups attached to an aromatic ring is 1. The number of rotatable bonds is 3. The molecule has 0 spiro atoms. The lowest BCUT2D eigenvalue weighted by Crippen LogP contribution is -2.08. The fraction of sp³-hybridized carbons (Fsp3) is 0.312. The number of nitrogens with one attached hydrogen (secondary N) is 1. The van der Waals surface area contributed by atoms with E-state index in [9.17, 15) is 0 Å². The molecule has 1 heterocycles. The third-order valence-corrected chi connectivity index (χ3v) is 3.73. The standard InChI is InChI=1S/C16H19N3/c1-11(12-5-8-14(17)9-6-12)18-16-10-7-13-3-2-4-15(13)19-16/h5-11H,2-4,17H2,1H3,(H,18,19). The average molecular weight is 253 g/mol. The zero-order valence-electron chi connectivity index (χ0n) is 11.2. The van der Waals surface area contributed by atoms with Gasteiger partial charge in [0, 0.05) is 17.4 Å². The molecule has 1 unspecified atom stereocenters. The largest absolute Gasteiger partial charge is 0.399 e. The van der Waals surface area contributed by atoms with E-state index in [1.54, 1.807) is 0 Å². The molecule has 1 atom stereocenters. The topological polar surface area (TPSA) is 50.9 Å². The molecule has 0 aliphatic heterocycles. The summed E-state index contributed by atoms with van der Waals surface area (Å²) >= 11 is 0. The van der Waals surface area contributed by atoms with Crippen molar-refractivity contribution in [2.45, 2.75) is 32.2 Å². The van der Waals surface area contributed by atoms with Crippen LogP contribution in [-0.4, -0.2) is 4.98 Å². The molecule has 2 aromatic rings. The van der Waals surface area contributed by atoms with E-state index in [2.05, 4.69) is 36.5 Å². The third kappa shape index (κ3) is 2.55. The van der Waals surface area contributed by atoms with E-state index in [-0.39, 0.29) is 6.04 Å². The van der Waals surface area contributed by atoms with Crippen molar-refractivity contribution in [1.82, 2.24) is 4.98 Å². The summed E-state index contributed by atoms with van der Waals surface area (Å²) in [7, 11) is 0. The Hall–Kier alpha value is -2.03. The Morgan fingerprint density at radius 2 is 1.89 bits per heavy atom. The SMILES string of the molecule is CC(Nc1ccc2c(n1)CCC2)c1ccc(N)cc1. The number of nitrogens with zero attached hydrogens (tertiary/aromatic N) is 1. The molecule has 98 valence electrons. The molecule has 1 aromatic heterocycles. The van der Waals surface area contributed by atoms with Crippen molar-refractivity contribution < 1.29 is 0 Å². The van der Waals surface area contributed by atoms with Crippen LogP contribution in [-0.2, 0) is 12.8 Å². The summed E-state index contributed by atoms with van der Waals surface area (Å²) in [6.07, 6.45) is 3.52. The second kappa shape index (κ2) is 4.92. The van der Waals surface area contributed by atoms with Gasteiger partial charge >= 0.3 is 0 Å². The van der Waals surface area contributed by atoms with Gasteiger partial charge in [0.05, 0.1) is 0 Å². The summed E-state index contributed by atoms with van der Waals surface area (Å²) < 4.78 is 0. The predicted molar refractivity (Wildman–Crippen MR) is 79.2 cm³/mol. The molecule has 0 saturated heterocycles. The highest BCUT2D eigenvalue weighted by Gasteiger charge is 2.13. The first-order chi connectivity index (χ1) is 9.22. The minimum Gasteiger partial charge on any atom is -0.399 e. The Morgan fingerprint density at radius 3 is 2.68 bits per heavy atom. The molecule has 0 bridgehead atoms. The van der Waals surface area contributed by atoms with Crippen molar-refractivity contribution in [2.75, 3.05) is 11.1 Å². The molecule has 3 N–H and O–H groups in total. The minimum absolute atomic E-state index is 0.229. The first-order valence-corrected chi connectivity index (χ1v) is 6.83. The Bertz CT molecular complexity index is 575. The second-order valence-electron chi connectivity index (χ2n) is 5.19. The first-order valence-electron chi connectivity index (χ1n) is 6.83. The van der Waals surface area contributed by atoms with Crippen molar-refractivity contribution in [3.05, 3.63) is 53.2 Å². The van der Waals surface area contributed by atoms with Crippen molar-refractivity contribution in [3.8, 4) is 0 Å². The summed E-state index contributed by atoms with van der Waals surface area (Å²) in [4.78, 5) is 4.70. The molecule has 19 heavy (non-hydrogen) atoms. The lowest BCUT2D eigenvalue weighted by molar-refractivity contribution is 0.866. The third-order valence-electron chi connectivity index (χ3n) is 3.73. The molecule has 3 heteroatoms. The predicted octanol–water partition coefficient (Wildman–Crippen LogP) is 3.33. The van der Waals surface area contributed by atoms with E-state index in [0.29, 0.717) is 0 Å². The quantitative estimate of drug-likeness (QED) is 0.825. The van der Waals surface area contributed by atoms with Crippen LogP contribution in [0.1, 0.15) is 36.2 Å². The van der Waals surface area contributed by atoms with Crippen molar-refractivity contribution in [1.29, 1.82) is 0 Å². The van der Waals surface area contributed by atoms with Crippen molar-refractivity contribution in [3.63, 3.8) is 0 Å². The van der Waals surface area contributed by atoms with Crippen molar-refractivity contribution >= 4 is 11.5 Å². The van der Waals surface area contributed by atoms with Crippen LogP contribution in [0.2, 0.25) is 0 Å². The van der Waals surface area contributed by atoms with Crippen LogP contribution in [0.5, 0.6) is 0 Å². The van der Waals surface area contributed by atoms with Gasteiger partial charge < -0.3 is 11.1 Å². The molecule has 0 saturated carbocycles. The molecule has 0 amide bonds. The number of aromatic nitrogens is 1. The van der Waals surface area contributed by atoms with E-state index in [4.69, 9.17) is 10.7 Å². The van der Waals surface area contributed by atoms with Crippen LogP contribution in [0.15, 0.2) is 36.4 Å². The van der Waals surface area contributed by atoms with E-state index < -0.39 is 0 Å². The van der Waals surface area contributed by atoms with E-state index in [1.165, 1.54) is 29.7 Å². The van der Waals surface area contributed by atoms with Gasteiger partial charge in [0.15, 0.2) is 0 Å². The second-order valence-corrected chi connectivity index (χ2v) is 5.19. The van der Waals surface area contributed by atoms with Gasteiger partial charge in [-0.1, -0.05) is 18.2 Å². The highest BCUT2D eigenvalue weighted by molar-refractivity contribution is 5.45. The van der Waals surface area contributed by atoms with Gasteiger partial charge in [-0.25, -0.2) is 4.98 Å². The minimum atomic E-state index is 0.229. The van der Waals surface area contributed by atoms with Gasteiger partial charge in [-0.05, 0) is 55.5 Å². The Balaban J connectivity index is 1.75.